The molecule has 0 atom stereocenters. The molecule has 0 spiro atoms. The lowest BCUT2D eigenvalue weighted by Gasteiger charge is -2.20. The number of benzene rings is 1. The van der Waals surface area contributed by atoms with Crippen LogP contribution < -0.4 is 10.2 Å². The van der Waals surface area contributed by atoms with E-state index in [1.807, 2.05) is 0 Å². The first kappa shape index (κ1) is 15.5. The van der Waals surface area contributed by atoms with E-state index in [4.69, 9.17) is 0 Å². The number of H-pyrrole nitrogens is 1. The van der Waals surface area contributed by atoms with Gasteiger partial charge in [-0.1, -0.05) is 12.1 Å². The highest BCUT2D eigenvalue weighted by atomic mass is 32.2. The van der Waals surface area contributed by atoms with Crippen LogP contribution in [0.5, 0.6) is 0 Å². The summed E-state index contributed by atoms with van der Waals surface area (Å²) in [5.41, 5.74) is 0.528. The van der Waals surface area contributed by atoms with Crippen LogP contribution in [-0.4, -0.2) is 18.9 Å². The summed E-state index contributed by atoms with van der Waals surface area (Å²) in [4.78, 5) is 14.5. The van der Waals surface area contributed by atoms with Gasteiger partial charge < -0.3 is 4.98 Å². The van der Waals surface area contributed by atoms with Crippen molar-refractivity contribution in [1.82, 2.24) is 9.71 Å². The second kappa shape index (κ2) is 5.46. The van der Waals surface area contributed by atoms with E-state index in [-0.39, 0.29) is 10.3 Å². The van der Waals surface area contributed by atoms with Crippen LogP contribution in [0.25, 0.3) is 11.3 Å². The Morgan fingerprint density at radius 2 is 1.81 bits per heavy atom. The number of sulfonamides is 1. The second-order valence-corrected chi connectivity index (χ2v) is 7.50. The molecule has 0 saturated heterocycles. The molecule has 0 unspecified atom stereocenters. The highest BCUT2D eigenvalue weighted by molar-refractivity contribution is 7.89. The van der Waals surface area contributed by atoms with Crippen LogP contribution in [0.1, 0.15) is 20.8 Å². The van der Waals surface area contributed by atoms with Gasteiger partial charge in [0, 0.05) is 29.6 Å². The van der Waals surface area contributed by atoms with Crippen LogP contribution in [0.3, 0.4) is 0 Å². The van der Waals surface area contributed by atoms with E-state index >= 15 is 0 Å². The number of nitrogens with one attached hydrogen (secondary N) is 2. The summed E-state index contributed by atoms with van der Waals surface area (Å²) in [6, 6.07) is 9.31. The fourth-order valence-corrected chi connectivity index (χ4v) is 3.37. The molecule has 2 rings (SSSR count). The van der Waals surface area contributed by atoms with E-state index in [9.17, 15) is 13.2 Å². The first-order valence-electron chi connectivity index (χ1n) is 6.51. The molecule has 1 heterocycles. The average Bonchev–Trinajstić information content (AvgIpc) is 2.36. The summed E-state index contributed by atoms with van der Waals surface area (Å²) in [7, 11) is -3.60. The predicted molar refractivity (Wildman–Crippen MR) is 82.6 cm³/mol. The molecular formula is C15H18N2O3S. The molecule has 1 aromatic heterocycles. The van der Waals surface area contributed by atoms with Gasteiger partial charge in [0.2, 0.25) is 10.0 Å². The van der Waals surface area contributed by atoms with Crippen molar-refractivity contribution in [2.45, 2.75) is 31.2 Å². The molecule has 0 saturated carbocycles. The zero-order valence-corrected chi connectivity index (χ0v) is 13.0. The van der Waals surface area contributed by atoms with Crippen LogP contribution in [0.2, 0.25) is 0 Å². The smallest absolute Gasteiger partial charge is 0.241 e. The standard InChI is InChI=1S/C15H18N2O3S/c1-15(2,3)17-21(19,20)13-6-4-5-11(9-13)14-10-12(18)7-8-16-14/h4-10,17H,1-3H3,(H,16,18). The number of pyridine rings is 1. The molecule has 1 aromatic carbocycles. The average molecular weight is 306 g/mol. The van der Waals surface area contributed by atoms with E-state index in [0.717, 1.165) is 0 Å². The van der Waals surface area contributed by atoms with Gasteiger partial charge in [0.1, 0.15) is 0 Å². The zero-order valence-electron chi connectivity index (χ0n) is 12.2. The topological polar surface area (TPSA) is 79.0 Å². The highest BCUT2D eigenvalue weighted by Gasteiger charge is 2.22. The summed E-state index contributed by atoms with van der Waals surface area (Å²) in [5, 5.41) is 0. The van der Waals surface area contributed by atoms with Gasteiger partial charge in [0.05, 0.1) is 4.90 Å². The molecule has 0 radical (unpaired) electrons. The molecular weight excluding hydrogens is 288 g/mol. The molecule has 112 valence electrons. The number of rotatable bonds is 3. The van der Waals surface area contributed by atoms with E-state index in [2.05, 4.69) is 9.71 Å². The molecule has 5 nitrogen and oxygen atoms in total. The number of hydrogen-bond donors (Lipinski definition) is 2. The zero-order chi connectivity index (χ0) is 15.7. The Hall–Kier alpha value is -1.92. The minimum atomic E-state index is -3.60. The quantitative estimate of drug-likeness (QED) is 0.911. The van der Waals surface area contributed by atoms with Gasteiger partial charge in [-0.05, 0) is 38.5 Å². The van der Waals surface area contributed by atoms with E-state index < -0.39 is 15.6 Å². The highest BCUT2D eigenvalue weighted by Crippen LogP contribution is 2.20. The molecule has 0 aliphatic rings. The van der Waals surface area contributed by atoms with Gasteiger partial charge >= 0.3 is 0 Å². The van der Waals surface area contributed by atoms with Gasteiger partial charge in [0.25, 0.3) is 0 Å². The van der Waals surface area contributed by atoms with Gasteiger partial charge in [-0.3, -0.25) is 4.79 Å². The van der Waals surface area contributed by atoms with Gasteiger partial charge in [-0.25, -0.2) is 13.1 Å². The number of hydrogen-bond acceptors (Lipinski definition) is 3. The minimum Gasteiger partial charge on any atom is -0.361 e. The van der Waals surface area contributed by atoms with Crippen molar-refractivity contribution in [2.75, 3.05) is 0 Å². The summed E-state index contributed by atoms with van der Waals surface area (Å²) < 4.78 is 27.2. The van der Waals surface area contributed by atoms with Crippen molar-refractivity contribution in [3.8, 4) is 11.3 Å². The Morgan fingerprint density at radius 3 is 2.43 bits per heavy atom. The molecule has 0 aliphatic carbocycles. The largest absolute Gasteiger partial charge is 0.361 e. The molecule has 0 amide bonds. The van der Waals surface area contributed by atoms with Crippen molar-refractivity contribution in [2.24, 2.45) is 0 Å². The Balaban J connectivity index is 2.45. The first-order chi connectivity index (χ1) is 9.67. The predicted octanol–water partition coefficient (Wildman–Crippen LogP) is 2.12. The maximum Gasteiger partial charge on any atom is 0.241 e. The molecule has 21 heavy (non-hydrogen) atoms. The molecule has 0 bridgehead atoms. The Kier molecular flexibility index (Phi) is 4.02. The van der Waals surface area contributed by atoms with Crippen LogP contribution >= 0.6 is 0 Å². The summed E-state index contributed by atoms with van der Waals surface area (Å²) >= 11 is 0. The van der Waals surface area contributed by atoms with Gasteiger partial charge in [-0.15, -0.1) is 0 Å². The van der Waals surface area contributed by atoms with Crippen LogP contribution in [0, 0.1) is 0 Å². The van der Waals surface area contributed by atoms with Crippen molar-refractivity contribution in [1.29, 1.82) is 0 Å². The van der Waals surface area contributed by atoms with Crippen molar-refractivity contribution >= 4 is 10.0 Å². The second-order valence-electron chi connectivity index (χ2n) is 5.82. The van der Waals surface area contributed by atoms with Gasteiger partial charge in [-0.2, -0.15) is 0 Å². The van der Waals surface area contributed by atoms with Crippen molar-refractivity contribution < 1.29 is 8.42 Å². The Bertz CT molecular complexity index is 802. The third-order valence-corrected chi connectivity index (χ3v) is 4.42. The summed E-state index contributed by atoms with van der Waals surface area (Å²) in [6.45, 7) is 5.34. The summed E-state index contributed by atoms with van der Waals surface area (Å²) in [5.74, 6) is 0. The normalized spacial score (nSPS) is 12.3. The third-order valence-electron chi connectivity index (χ3n) is 2.67. The maximum atomic E-state index is 12.3. The van der Waals surface area contributed by atoms with Gasteiger partial charge in [0.15, 0.2) is 5.43 Å². The molecule has 0 fully saturated rings. The van der Waals surface area contributed by atoms with Crippen LogP contribution in [0.15, 0.2) is 52.3 Å². The monoisotopic (exact) mass is 306 g/mol. The van der Waals surface area contributed by atoms with E-state index in [1.54, 1.807) is 39.0 Å². The molecule has 2 aromatic rings. The molecule has 0 aliphatic heterocycles. The van der Waals surface area contributed by atoms with Crippen molar-refractivity contribution in [3.63, 3.8) is 0 Å². The van der Waals surface area contributed by atoms with E-state index in [0.29, 0.717) is 11.3 Å². The Labute approximate surface area is 124 Å². The van der Waals surface area contributed by atoms with Crippen LogP contribution in [0.4, 0.5) is 0 Å². The Morgan fingerprint density at radius 1 is 1.10 bits per heavy atom. The van der Waals surface area contributed by atoms with E-state index in [1.165, 1.54) is 24.4 Å². The molecule has 2 N–H and O–H groups in total. The van der Waals surface area contributed by atoms with Crippen molar-refractivity contribution in [3.05, 3.63) is 52.8 Å². The lowest BCUT2D eigenvalue weighted by atomic mass is 10.1. The fraction of sp³-hybridized carbons (Fsp3) is 0.267. The maximum absolute atomic E-state index is 12.3. The first-order valence-corrected chi connectivity index (χ1v) is 7.99. The fourth-order valence-electron chi connectivity index (χ4n) is 1.91. The summed E-state index contributed by atoms with van der Waals surface area (Å²) in [6.07, 6.45) is 1.53. The lowest BCUT2D eigenvalue weighted by molar-refractivity contribution is 0.491. The number of aromatic amines is 1. The van der Waals surface area contributed by atoms with Crippen LogP contribution in [-0.2, 0) is 10.0 Å². The molecule has 6 heteroatoms. The third kappa shape index (κ3) is 4.03. The minimum absolute atomic E-state index is 0.134. The number of aromatic nitrogens is 1. The SMILES string of the molecule is CC(C)(C)NS(=O)(=O)c1cccc(-c2cc(=O)cc[nH]2)c1. The lowest BCUT2D eigenvalue weighted by Crippen LogP contribution is -2.40.